The van der Waals surface area contributed by atoms with E-state index >= 15 is 0 Å². The van der Waals surface area contributed by atoms with Crippen molar-refractivity contribution in [2.45, 2.75) is 62.6 Å². The van der Waals surface area contributed by atoms with Crippen LogP contribution in [0.3, 0.4) is 0 Å². The van der Waals surface area contributed by atoms with Crippen molar-refractivity contribution >= 4 is 16.9 Å². The Balaban J connectivity index is 1.30. The zero-order chi connectivity index (χ0) is 21.9. The van der Waals surface area contributed by atoms with Gasteiger partial charge in [0.15, 0.2) is 5.82 Å². The number of nitrogen functional groups attached to an aromatic ring is 1. The van der Waals surface area contributed by atoms with Crippen LogP contribution in [0.15, 0.2) is 36.8 Å². The number of hydrogen-bond acceptors (Lipinski definition) is 6. The summed E-state index contributed by atoms with van der Waals surface area (Å²) in [6, 6.07) is 8.10. The summed E-state index contributed by atoms with van der Waals surface area (Å²) in [7, 11) is 0. The molecule has 3 fully saturated rings. The van der Waals surface area contributed by atoms with Gasteiger partial charge in [0.2, 0.25) is 0 Å². The van der Waals surface area contributed by atoms with E-state index in [2.05, 4.69) is 33.7 Å². The number of anilines is 1. The molecule has 4 heterocycles. The van der Waals surface area contributed by atoms with Crippen molar-refractivity contribution in [2.75, 3.05) is 18.9 Å². The summed E-state index contributed by atoms with van der Waals surface area (Å²) in [5.41, 5.74) is 10.1. The Kier molecular flexibility index (Phi) is 4.49. The van der Waals surface area contributed by atoms with E-state index in [9.17, 15) is 5.11 Å². The first-order chi connectivity index (χ1) is 15.5. The molecule has 2 aromatic heterocycles. The minimum Gasteiger partial charge on any atom is -0.491 e. The summed E-state index contributed by atoms with van der Waals surface area (Å²) in [6.45, 7) is 3.05. The van der Waals surface area contributed by atoms with Gasteiger partial charge in [0, 0.05) is 24.6 Å². The van der Waals surface area contributed by atoms with Crippen molar-refractivity contribution in [3.05, 3.63) is 42.4 Å². The molecule has 0 spiro atoms. The molecule has 7 nitrogen and oxygen atoms in total. The summed E-state index contributed by atoms with van der Waals surface area (Å²) in [5, 5.41) is 9.43. The Morgan fingerprint density at radius 1 is 1.22 bits per heavy atom. The van der Waals surface area contributed by atoms with Gasteiger partial charge >= 0.3 is 0 Å². The third-order valence-electron chi connectivity index (χ3n) is 7.85. The molecule has 1 aliphatic carbocycles. The number of aliphatic hydroxyl groups is 1. The molecule has 1 aromatic carbocycles. The van der Waals surface area contributed by atoms with E-state index in [1.807, 2.05) is 18.2 Å². The van der Waals surface area contributed by atoms with Gasteiger partial charge in [0.05, 0.1) is 11.1 Å². The summed E-state index contributed by atoms with van der Waals surface area (Å²) in [5.74, 6) is 2.06. The Bertz CT molecular complexity index is 1160. The van der Waals surface area contributed by atoms with E-state index < -0.39 is 0 Å². The van der Waals surface area contributed by atoms with E-state index in [4.69, 9.17) is 15.2 Å². The second-order valence-corrected chi connectivity index (χ2v) is 10.1. The Morgan fingerprint density at radius 3 is 2.75 bits per heavy atom. The molecule has 0 atom stereocenters. The number of rotatable bonds is 6. The lowest BCUT2D eigenvalue weighted by Crippen LogP contribution is -2.32. The molecule has 168 valence electrons. The van der Waals surface area contributed by atoms with E-state index in [1.165, 1.54) is 11.9 Å². The van der Waals surface area contributed by atoms with Gasteiger partial charge < -0.3 is 24.9 Å². The van der Waals surface area contributed by atoms with E-state index in [-0.39, 0.29) is 17.8 Å². The maximum atomic E-state index is 9.43. The molecule has 3 N–H and O–H groups in total. The van der Waals surface area contributed by atoms with Gasteiger partial charge in [-0.3, -0.25) is 0 Å². The highest BCUT2D eigenvalue weighted by atomic mass is 16.6. The van der Waals surface area contributed by atoms with Crippen LogP contribution >= 0.6 is 0 Å². The average molecular weight is 435 g/mol. The number of fused-ring (bicyclic) bond motifs is 3. The van der Waals surface area contributed by atoms with Crippen LogP contribution in [0.4, 0.5) is 5.82 Å². The molecule has 0 radical (unpaired) electrons. The highest BCUT2D eigenvalue weighted by molar-refractivity contribution is 5.90. The molecule has 2 bridgehead atoms. The van der Waals surface area contributed by atoms with Gasteiger partial charge in [0.25, 0.3) is 0 Å². The number of nitrogens with zero attached hydrogens (tertiary/aromatic N) is 3. The molecule has 3 aromatic rings. The fourth-order valence-electron chi connectivity index (χ4n) is 5.82. The zero-order valence-corrected chi connectivity index (χ0v) is 18.5. The van der Waals surface area contributed by atoms with Crippen molar-refractivity contribution in [3.63, 3.8) is 0 Å². The van der Waals surface area contributed by atoms with Crippen LogP contribution in [-0.2, 0) is 4.74 Å². The smallest absolute Gasteiger partial charge is 0.151 e. The molecular formula is C25H30N4O3. The molecule has 1 saturated carbocycles. The summed E-state index contributed by atoms with van der Waals surface area (Å²) < 4.78 is 14.7. The molecule has 7 heteroatoms. The zero-order valence-electron chi connectivity index (χ0n) is 18.5. The van der Waals surface area contributed by atoms with Gasteiger partial charge in [-0.2, -0.15) is 0 Å². The molecule has 3 aliphatic rings. The minimum atomic E-state index is -0.135. The van der Waals surface area contributed by atoms with Crippen molar-refractivity contribution in [3.8, 4) is 11.4 Å². The number of aromatic nitrogens is 3. The predicted molar refractivity (Wildman–Crippen MR) is 122 cm³/mol. The highest BCUT2D eigenvalue weighted by Gasteiger charge is 2.53. The Hall–Kier alpha value is -2.64. The van der Waals surface area contributed by atoms with Crippen molar-refractivity contribution < 1.29 is 14.6 Å². The average Bonchev–Trinajstić information content (AvgIpc) is 3.42. The van der Waals surface area contributed by atoms with E-state index in [0.29, 0.717) is 24.3 Å². The topological polar surface area (TPSA) is 95.4 Å². The van der Waals surface area contributed by atoms with Gasteiger partial charge in [0.1, 0.15) is 29.8 Å². The number of benzene rings is 1. The van der Waals surface area contributed by atoms with Crippen molar-refractivity contribution in [1.82, 2.24) is 14.5 Å². The molecule has 0 amide bonds. The van der Waals surface area contributed by atoms with Crippen LogP contribution in [0, 0.1) is 5.92 Å². The van der Waals surface area contributed by atoms with Gasteiger partial charge in [-0.25, -0.2) is 9.97 Å². The minimum absolute atomic E-state index is 0.0414. The molecule has 6 rings (SSSR count). The Morgan fingerprint density at radius 2 is 2.03 bits per heavy atom. The maximum Gasteiger partial charge on any atom is 0.151 e. The van der Waals surface area contributed by atoms with Gasteiger partial charge in [-0.15, -0.1) is 0 Å². The number of nitrogens with two attached hydrogens (primary N) is 1. The first-order valence-corrected chi connectivity index (χ1v) is 11.6. The first kappa shape index (κ1) is 20.0. The monoisotopic (exact) mass is 434 g/mol. The normalized spacial score (nSPS) is 31.2. The van der Waals surface area contributed by atoms with Gasteiger partial charge in [-0.05, 0) is 75.0 Å². The van der Waals surface area contributed by atoms with Gasteiger partial charge in [-0.1, -0.05) is 6.07 Å². The van der Waals surface area contributed by atoms with Crippen LogP contribution < -0.4 is 10.5 Å². The Labute approximate surface area is 187 Å². The standard InChI is InChI=1S/C25H30N4O3/c1-24-5-7-25(32-24,8-6-24)14-31-19-4-2-3-18(11-19)29-12-20(17-9-16(10-17)13-30)21-22(29)23(26)28-15-27-21/h2-4,11-12,15-17,30H,5-10,13-14H2,1H3,(H2,26,27,28). The van der Waals surface area contributed by atoms with Crippen LogP contribution in [0.25, 0.3) is 16.7 Å². The second-order valence-electron chi connectivity index (χ2n) is 10.1. The lowest BCUT2D eigenvalue weighted by Gasteiger charge is -2.33. The lowest BCUT2D eigenvalue weighted by molar-refractivity contribution is -0.0597. The summed E-state index contributed by atoms with van der Waals surface area (Å²) in [6.07, 6.45) is 9.99. The molecular weight excluding hydrogens is 404 g/mol. The SMILES string of the molecule is CC12CCC(COc3cccc(-n4cc(C5CC(CO)C5)c5ncnc(N)c54)c3)(CC1)O2. The summed E-state index contributed by atoms with van der Waals surface area (Å²) >= 11 is 0. The molecule has 0 unspecified atom stereocenters. The number of ether oxygens (including phenoxy) is 2. The van der Waals surface area contributed by atoms with Crippen LogP contribution in [-0.4, -0.2) is 44.1 Å². The largest absolute Gasteiger partial charge is 0.491 e. The lowest BCUT2D eigenvalue weighted by atomic mass is 9.72. The fourth-order valence-corrected chi connectivity index (χ4v) is 5.82. The maximum absolute atomic E-state index is 9.43. The predicted octanol–water partition coefficient (Wildman–Crippen LogP) is 3.97. The molecule has 2 aliphatic heterocycles. The summed E-state index contributed by atoms with van der Waals surface area (Å²) in [4.78, 5) is 8.80. The van der Waals surface area contributed by atoms with Crippen molar-refractivity contribution in [1.29, 1.82) is 0 Å². The number of hydrogen-bond donors (Lipinski definition) is 2. The number of aliphatic hydroxyl groups excluding tert-OH is 1. The third-order valence-corrected chi connectivity index (χ3v) is 7.85. The van der Waals surface area contributed by atoms with Crippen molar-refractivity contribution in [2.24, 2.45) is 5.92 Å². The third kappa shape index (κ3) is 3.18. The second kappa shape index (κ2) is 7.18. The first-order valence-electron chi connectivity index (χ1n) is 11.6. The van der Waals surface area contributed by atoms with E-state index in [0.717, 1.165) is 61.0 Å². The fraction of sp³-hybridized carbons (Fsp3) is 0.520. The van der Waals surface area contributed by atoms with Crippen LogP contribution in [0.1, 0.15) is 56.9 Å². The molecule has 32 heavy (non-hydrogen) atoms. The van der Waals surface area contributed by atoms with Crippen LogP contribution in [0.5, 0.6) is 5.75 Å². The van der Waals surface area contributed by atoms with E-state index in [1.54, 1.807) is 0 Å². The van der Waals surface area contributed by atoms with Crippen LogP contribution in [0.2, 0.25) is 0 Å². The molecule has 2 saturated heterocycles. The highest BCUT2D eigenvalue weighted by Crippen LogP contribution is 2.50. The quantitative estimate of drug-likeness (QED) is 0.610.